The number of unbranched alkanes of at least 4 members (excludes halogenated alkanes) is 3. The second kappa shape index (κ2) is 8.58. The molecule has 1 aromatic rings. The number of primary amides is 1. The standard InChI is InChI=1S/C14H20N2O2S/c15-14(18)11-7-4-5-8-12(11)16-13(17)9-3-1-2-6-10-19/h4-5,7-8,19H,1-3,6,9-10H2,(H2,15,18)(H,16,17). The molecular weight excluding hydrogens is 260 g/mol. The number of benzene rings is 1. The van der Waals surface area contributed by atoms with Gasteiger partial charge in [0.05, 0.1) is 11.3 Å². The molecule has 19 heavy (non-hydrogen) atoms. The van der Waals surface area contributed by atoms with Gasteiger partial charge in [-0.05, 0) is 30.7 Å². The molecule has 0 saturated carbocycles. The van der Waals surface area contributed by atoms with Gasteiger partial charge in [0.25, 0.3) is 5.91 Å². The van der Waals surface area contributed by atoms with Gasteiger partial charge in [-0.15, -0.1) is 0 Å². The molecule has 4 nitrogen and oxygen atoms in total. The number of carbonyl (C=O) groups excluding carboxylic acids is 2. The van der Waals surface area contributed by atoms with Gasteiger partial charge in [0, 0.05) is 6.42 Å². The Labute approximate surface area is 119 Å². The molecule has 0 bridgehead atoms. The van der Waals surface area contributed by atoms with Gasteiger partial charge in [0.2, 0.25) is 5.91 Å². The number of para-hydroxylation sites is 1. The lowest BCUT2D eigenvalue weighted by atomic mass is 10.1. The van der Waals surface area contributed by atoms with Crippen LogP contribution in [0.5, 0.6) is 0 Å². The summed E-state index contributed by atoms with van der Waals surface area (Å²) in [6.45, 7) is 0. The van der Waals surface area contributed by atoms with Crippen molar-refractivity contribution in [3.63, 3.8) is 0 Å². The fourth-order valence-corrected chi connectivity index (χ4v) is 1.99. The number of hydrogen-bond donors (Lipinski definition) is 3. The molecule has 1 rings (SSSR count). The van der Waals surface area contributed by atoms with Crippen molar-refractivity contribution in [3.05, 3.63) is 29.8 Å². The van der Waals surface area contributed by atoms with Crippen molar-refractivity contribution in [2.75, 3.05) is 11.1 Å². The number of anilines is 1. The number of carbonyl (C=O) groups is 2. The van der Waals surface area contributed by atoms with Gasteiger partial charge in [-0.25, -0.2) is 0 Å². The number of nitrogens with one attached hydrogen (secondary N) is 1. The van der Waals surface area contributed by atoms with E-state index in [1.54, 1.807) is 24.3 Å². The first-order valence-electron chi connectivity index (χ1n) is 6.44. The van der Waals surface area contributed by atoms with E-state index in [0.29, 0.717) is 17.7 Å². The second-order valence-electron chi connectivity index (χ2n) is 4.35. The largest absolute Gasteiger partial charge is 0.366 e. The summed E-state index contributed by atoms with van der Waals surface area (Å²) in [6, 6.07) is 6.76. The monoisotopic (exact) mass is 280 g/mol. The van der Waals surface area contributed by atoms with Crippen molar-refractivity contribution in [1.82, 2.24) is 0 Å². The number of thiol groups is 1. The van der Waals surface area contributed by atoms with E-state index < -0.39 is 5.91 Å². The smallest absolute Gasteiger partial charge is 0.250 e. The lowest BCUT2D eigenvalue weighted by Crippen LogP contribution is -2.17. The Morgan fingerprint density at radius 2 is 1.79 bits per heavy atom. The topological polar surface area (TPSA) is 72.2 Å². The van der Waals surface area contributed by atoms with Crippen LogP contribution in [0.1, 0.15) is 42.5 Å². The molecule has 5 heteroatoms. The molecule has 0 aliphatic carbocycles. The Hall–Kier alpha value is -1.49. The van der Waals surface area contributed by atoms with Crippen LogP contribution in [-0.2, 0) is 4.79 Å². The highest BCUT2D eigenvalue weighted by molar-refractivity contribution is 7.80. The van der Waals surface area contributed by atoms with Crippen molar-refractivity contribution in [1.29, 1.82) is 0 Å². The van der Waals surface area contributed by atoms with Gasteiger partial charge in [-0.3, -0.25) is 9.59 Å². The van der Waals surface area contributed by atoms with Gasteiger partial charge in [-0.1, -0.05) is 25.0 Å². The van der Waals surface area contributed by atoms with Crippen molar-refractivity contribution in [3.8, 4) is 0 Å². The fraction of sp³-hybridized carbons (Fsp3) is 0.429. The van der Waals surface area contributed by atoms with Crippen molar-refractivity contribution >= 4 is 30.1 Å². The summed E-state index contributed by atoms with van der Waals surface area (Å²) in [6.07, 6.45) is 4.49. The van der Waals surface area contributed by atoms with Crippen LogP contribution in [0.3, 0.4) is 0 Å². The number of hydrogen-bond acceptors (Lipinski definition) is 3. The highest BCUT2D eigenvalue weighted by Gasteiger charge is 2.09. The first kappa shape index (κ1) is 15.6. The maximum absolute atomic E-state index is 11.7. The van der Waals surface area contributed by atoms with E-state index in [1.165, 1.54) is 0 Å². The van der Waals surface area contributed by atoms with Crippen molar-refractivity contribution in [2.24, 2.45) is 5.73 Å². The van der Waals surface area contributed by atoms with Gasteiger partial charge in [-0.2, -0.15) is 12.6 Å². The normalized spacial score (nSPS) is 10.2. The minimum absolute atomic E-state index is 0.0837. The van der Waals surface area contributed by atoms with Crippen LogP contribution in [0.25, 0.3) is 0 Å². The second-order valence-corrected chi connectivity index (χ2v) is 4.79. The van der Waals surface area contributed by atoms with Gasteiger partial charge in [0.1, 0.15) is 0 Å². The molecular formula is C14H20N2O2S. The average Bonchev–Trinajstić information content (AvgIpc) is 2.39. The molecule has 2 amide bonds. The summed E-state index contributed by atoms with van der Waals surface area (Å²) in [5.41, 5.74) is 6.07. The Kier molecular flexibility index (Phi) is 7.03. The molecule has 1 aromatic carbocycles. The summed E-state index contributed by atoms with van der Waals surface area (Å²) in [4.78, 5) is 22.9. The lowest BCUT2D eigenvalue weighted by molar-refractivity contribution is -0.116. The Morgan fingerprint density at radius 3 is 2.47 bits per heavy atom. The Bertz CT molecular complexity index is 435. The quantitative estimate of drug-likeness (QED) is 0.506. The van der Waals surface area contributed by atoms with Crippen LogP contribution in [0.4, 0.5) is 5.69 Å². The minimum atomic E-state index is -0.537. The van der Waals surface area contributed by atoms with Crippen LogP contribution in [-0.4, -0.2) is 17.6 Å². The zero-order valence-electron chi connectivity index (χ0n) is 10.9. The zero-order chi connectivity index (χ0) is 14.1. The highest BCUT2D eigenvalue weighted by Crippen LogP contribution is 2.15. The third-order valence-electron chi connectivity index (χ3n) is 2.78. The van der Waals surface area contributed by atoms with Crippen molar-refractivity contribution in [2.45, 2.75) is 32.1 Å². The lowest BCUT2D eigenvalue weighted by Gasteiger charge is -2.08. The number of amides is 2. The van der Waals surface area contributed by atoms with Gasteiger partial charge < -0.3 is 11.1 Å². The third-order valence-corrected chi connectivity index (χ3v) is 3.09. The van der Waals surface area contributed by atoms with Crippen molar-refractivity contribution < 1.29 is 9.59 Å². The maximum Gasteiger partial charge on any atom is 0.250 e. The van der Waals surface area contributed by atoms with Crippen LogP contribution in [0.15, 0.2) is 24.3 Å². The van der Waals surface area contributed by atoms with E-state index in [-0.39, 0.29) is 5.91 Å². The molecule has 0 aliphatic heterocycles. The predicted molar refractivity (Wildman–Crippen MR) is 80.5 cm³/mol. The summed E-state index contributed by atoms with van der Waals surface area (Å²) < 4.78 is 0. The first-order chi connectivity index (χ1) is 9.15. The summed E-state index contributed by atoms with van der Waals surface area (Å²) in [5, 5.41) is 2.73. The van der Waals surface area contributed by atoms with E-state index in [1.807, 2.05) is 0 Å². The van der Waals surface area contributed by atoms with Crippen LogP contribution in [0, 0.1) is 0 Å². The molecule has 0 atom stereocenters. The molecule has 0 aliphatic rings. The van der Waals surface area contributed by atoms with E-state index >= 15 is 0 Å². The summed E-state index contributed by atoms with van der Waals surface area (Å²) in [7, 11) is 0. The molecule has 0 unspecified atom stereocenters. The predicted octanol–water partition coefficient (Wildman–Crippen LogP) is 2.60. The number of rotatable bonds is 8. The molecule has 3 N–H and O–H groups in total. The SMILES string of the molecule is NC(=O)c1ccccc1NC(=O)CCCCCCS. The zero-order valence-corrected chi connectivity index (χ0v) is 11.8. The summed E-state index contributed by atoms with van der Waals surface area (Å²) >= 11 is 4.14. The maximum atomic E-state index is 11.7. The Balaban J connectivity index is 2.42. The Morgan fingerprint density at radius 1 is 1.11 bits per heavy atom. The van der Waals surface area contributed by atoms with Crippen LogP contribution < -0.4 is 11.1 Å². The van der Waals surface area contributed by atoms with E-state index in [2.05, 4.69) is 17.9 Å². The fourth-order valence-electron chi connectivity index (χ4n) is 1.77. The van der Waals surface area contributed by atoms with E-state index in [0.717, 1.165) is 31.4 Å². The third kappa shape index (κ3) is 5.79. The molecule has 0 saturated heterocycles. The van der Waals surface area contributed by atoms with Gasteiger partial charge in [0.15, 0.2) is 0 Å². The highest BCUT2D eigenvalue weighted by atomic mass is 32.1. The molecule has 0 radical (unpaired) electrons. The first-order valence-corrected chi connectivity index (χ1v) is 7.08. The molecule has 0 aromatic heterocycles. The van der Waals surface area contributed by atoms with E-state index in [9.17, 15) is 9.59 Å². The molecule has 104 valence electrons. The minimum Gasteiger partial charge on any atom is -0.366 e. The molecule has 0 heterocycles. The molecule has 0 spiro atoms. The summed E-state index contributed by atoms with van der Waals surface area (Å²) in [5.74, 6) is 0.266. The van der Waals surface area contributed by atoms with Gasteiger partial charge >= 0.3 is 0 Å². The van der Waals surface area contributed by atoms with Crippen LogP contribution in [0.2, 0.25) is 0 Å². The van der Waals surface area contributed by atoms with Crippen LogP contribution >= 0.6 is 12.6 Å². The average molecular weight is 280 g/mol. The molecule has 0 fully saturated rings. The van der Waals surface area contributed by atoms with E-state index in [4.69, 9.17) is 5.73 Å². The number of nitrogens with two attached hydrogens (primary N) is 1.